The summed E-state index contributed by atoms with van der Waals surface area (Å²) < 4.78 is 11.9. The van der Waals surface area contributed by atoms with Crippen LogP contribution < -0.4 is 0 Å². The Morgan fingerprint density at radius 3 is 2.71 bits per heavy atom. The van der Waals surface area contributed by atoms with Crippen LogP contribution >= 0.6 is 12.2 Å². The number of carbonyl (C=O) groups is 1. The number of benzene rings is 2. The number of hydrogen-bond donors (Lipinski definition) is 0. The maximum atomic E-state index is 11.8. The minimum atomic E-state index is -0.235. The van der Waals surface area contributed by atoms with Gasteiger partial charge in [0.1, 0.15) is 11.3 Å². The monoisotopic (exact) mass is 338 g/mol. The average molecular weight is 338 g/mol. The first-order valence-corrected chi connectivity index (χ1v) is 8.25. The molecular weight excluding hydrogens is 320 g/mol. The van der Waals surface area contributed by atoms with Crippen molar-refractivity contribution in [2.24, 2.45) is 0 Å². The number of carbonyl (C=O) groups excluding carboxylic acids is 1. The van der Waals surface area contributed by atoms with Crippen LogP contribution in [0.25, 0.3) is 22.3 Å². The first kappa shape index (κ1) is 16.4. The van der Waals surface area contributed by atoms with Crippen LogP contribution in [-0.4, -0.2) is 12.1 Å². The van der Waals surface area contributed by atoms with Gasteiger partial charge in [0.15, 0.2) is 0 Å². The highest BCUT2D eigenvalue weighted by Gasteiger charge is 2.09. The number of ether oxygens (including phenoxy) is 1. The Labute approximate surface area is 145 Å². The second kappa shape index (κ2) is 6.97. The maximum absolute atomic E-state index is 11.8. The Kier molecular flexibility index (Phi) is 4.76. The fourth-order valence-corrected chi connectivity index (χ4v) is 2.83. The fourth-order valence-electron chi connectivity index (χ4n) is 2.55. The van der Waals surface area contributed by atoms with E-state index in [2.05, 4.69) is 0 Å². The van der Waals surface area contributed by atoms with Crippen molar-refractivity contribution < 1.29 is 13.9 Å². The molecule has 0 saturated heterocycles. The lowest BCUT2D eigenvalue weighted by Gasteiger charge is -2.09. The molecule has 4 heteroatoms. The van der Waals surface area contributed by atoms with Gasteiger partial charge >= 0.3 is 5.97 Å². The zero-order chi connectivity index (χ0) is 17.1. The summed E-state index contributed by atoms with van der Waals surface area (Å²) in [6, 6.07) is 17.2. The molecule has 1 aromatic heterocycles. The molecule has 1 heterocycles. The number of hydrogen-bond acceptors (Lipinski definition) is 4. The van der Waals surface area contributed by atoms with Gasteiger partial charge in [-0.25, -0.2) is 0 Å². The van der Waals surface area contributed by atoms with Crippen LogP contribution in [0.2, 0.25) is 0 Å². The summed E-state index contributed by atoms with van der Waals surface area (Å²) in [5.41, 5.74) is 2.53. The van der Waals surface area contributed by atoms with E-state index in [9.17, 15) is 4.79 Å². The smallest absolute Gasteiger partial charge is 0.310 e. The van der Waals surface area contributed by atoms with Crippen LogP contribution in [0.4, 0.5) is 0 Å². The molecule has 122 valence electrons. The van der Waals surface area contributed by atoms with Crippen LogP contribution in [-0.2, 0) is 16.0 Å². The van der Waals surface area contributed by atoms with Crippen molar-refractivity contribution in [2.45, 2.75) is 26.4 Å². The van der Waals surface area contributed by atoms with Crippen molar-refractivity contribution in [1.82, 2.24) is 0 Å². The van der Waals surface area contributed by atoms with Gasteiger partial charge in [0.25, 0.3) is 0 Å². The van der Waals surface area contributed by atoms with E-state index in [4.69, 9.17) is 21.4 Å². The van der Waals surface area contributed by atoms with Crippen molar-refractivity contribution in [3.05, 3.63) is 64.7 Å². The molecule has 3 nitrogen and oxygen atoms in total. The number of esters is 1. The predicted octanol–water partition coefficient (Wildman–Crippen LogP) is 5.32. The summed E-state index contributed by atoms with van der Waals surface area (Å²) in [6.45, 7) is 3.68. The molecule has 0 unspecified atom stereocenters. The standard InChI is InChI=1S/C20H18O3S/c1-13(2)22-20(21)11-14-6-5-7-15(10-14)18-12-19(24)16-8-3-4-9-17(16)23-18/h3-10,12-13H,11H2,1-2H3. The lowest BCUT2D eigenvalue weighted by atomic mass is 10.1. The van der Waals surface area contributed by atoms with E-state index in [1.807, 2.05) is 68.4 Å². The predicted molar refractivity (Wildman–Crippen MR) is 97.4 cm³/mol. The molecule has 0 radical (unpaired) electrons. The topological polar surface area (TPSA) is 39.4 Å². The Hall–Kier alpha value is -2.46. The van der Waals surface area contributed by atoms with Gasteiger partial charge in [0, 0.05) is 17.0 Å². The van der Waals surface area contributed by atoms with Crippen molar-refractivity contribution in [3.8, 4) is 11.3 Å². The molecule has 0 atom stereocenters. The van der Waals surface area contributed by atoms with Crippen LogP contribution in [0.15, 0.2) is 59.0 Å². The third kappa shape index (κ3) is 3.71. The van der Waals surface area contributed by atoms with Crippen LogP contribution in [0, 0.1) is 4.51 Å². The molecule has 0 amide bonds. The minimum Gasteiger partial charge on any atom is -0.463 e. The van der Waals surface area contributed by atoms with E-state index >= 15 is 0 Å². The first-order valence-electron chi connectivity index (χ1n) is 7.84. The van der Waals surface area contributed by atoms with Gasteiger partial charge < -0.3 is 9.15 Å². The average Bonchev–Trinajstić information content (AvgIpc) is 2.54. The number of para-hydroxylation sites is 1. The second-order valence-corrected chi connectivity index (χ2v) is 6.33. The van der Waals surface area contributed by atoms with Gasteiger partial charge in [0.05, 0.1) is 17.0 Å². The zero-order valence-corrected chi connectivity index (χ0v) is 14.4. The van der Waals surface area contributed by atoms with Gasteiger partial charge in [-0.2, -0.15) is 0 Å². The SMILES string of the molecule is CC(C)OC(=O)Cc1cccc(-c2cc(=S)c3ccccc3o2)c1. The van der Waals surface area contributed by atoms with E-state index in [-0.39, 0.29) is 18.5 Å². The van der Waals surface area contributed by atoms with Gasteiger partial charge in [-0.15, -0.1) is 0 Å². The summed E-state index contributed by atoms with van der Waals surface area (Å²) in [6.07, 6.45) is 0.124. The van der Waals surface area contributed by atoms with E-state index in [0.29, 0.717) is 5.76 Å². The molecule has 0 aliphatic heterocycles. The van der Waals surface area contributed by atoms with Gasteiger partial charge in [-0.3, -0.25) is 4.79 Å². The highest BCUT2D eigenvalue weighted by Crippen LogP contribution is 2.26. The van der Waals surface area contributed by atoms with Gasteiger partial charge in [0.2, 0.25) is 0 Å². The molecule has 3 aromatic rings. The highest BCUT2D eigenvalue weighted by molar-refractivity contribution is 7.71. The molecule has 0 bridgehead atoms. The Morgan fingerprint density at radius 1 is 1.12 bits per heavy atom. The molecule has 2 aromatic carbocycles. The second-order valence-electron chi connectivity index (χ2n) is 5.89. The normalized spacial score (nSPS) is 11.0. The Balaban J connectivity index is 1.94. The molecule has 3 rings (SSSR count). The van der Waals surface area contributed by atoms with E-state index in [0.717, 1.165) is 26.6 Å². The molecule has 0 N–H and O–H groups in total. The molecule has 0 spiro atoms. The number of rotatable bonds is 4. The molecule has 24 heavy (non-hydrogen) atoms. The van der Waals surface area contributed by atoms with Crippen molar-refractivity contribution in [2.75, 3.05) is 0 Å². The maximum Gasteiger partial charge on any atom is 0.310 e. The first-order chi connectivity index (χ1) is 11.5. The Morgan fingerprint density at radius 2 is 1.92 bits per heavy atom. The van der Waals surface area contributed by atoms with Crippen LogP contribution in [0.3, 0.4) is 0 Å². The van der Waals surface area contributed by atoms with E-state index < -0.39 is 0 Å². The minimum absolute atomic E-state index is 0.112. The lowest BCUT2D eigenvalue weighted by Crippen LogP contribution is -2.13. The highest BCUT2D eigenvalue weighted by atomic mass is 32.1. The van der Waals surface area contributed by atoms with Gasteiger partial charge in [-0.1, -0.05) is 42.5 Å². The Bertz CT molecular complexity index is 941. The summed E-state index contributed by atoms with van der Waals surface area (Å²) in [7, 11) is 0. The number of fused-ring (bicyclic) bond motifs is 1. The molecule has 0 aliphatic carbocycles. The van der Waals surface area contributed by atoms with Crippen molar-refractivity contribution in [3.63, 3.8) is 0 Å². The molecular formula is C20H18O3S. The molecule has 0 fully saturated rings. The summed E-state index contributed by atoms with van der Waals surface area (Å²) in [5, 5.41) is 0.924. The van der Waals surface area contributed by atoms with Crippen LogP contribution in [0.5, 0.6) is 0 Å². The summed E-state index contributed by atoms with van der Waals surface area (Å²) in [4.78, 5) is 11.8. The van der Waals surface area contributed by atoms with Crippen molar-refractivity contribution in [1.29, 1.82) is 0 Å². The zero-order valence-electron chi connectivity index (χ0n) is 13.6. The fraction of sp³-hybridized carbons (Fsp3) is 0.200. The molecule has 0 aliphatic rings. The quantitative estimate of drug-likeness (QED) is 0.476. The third-order valence-corrected chi connectivity index (χ3v) is 3.90. The summed E-state index contributed by atoms with van der Waals surface area (Å²) in [5.74, 6) is 0.458. The van der Waals surface area contributed by atoms with E-state index in [1.54, 1.807) is 0 Å². The largest absolute Gasteiger partial charge is 0.463 e. The lowest BCUT2D eigenvalue weighted by molar-refractivity contribution is -0.146. The van der Waals surface area contributed by atoms with Crippen molar-refractivity contribution >= 4 is 29.2 Å². The van der Waals surface area contributed by atoms with E-state index in [1.165, 1.54) is 0 Å². The third-order valence-electron chi connectivity index (χ3n) is 3.56. The van der Waals surface area contributed by atoms with Crippen LogP contribution in [0.1, 0.15) is 19.4 Å². The molecule has 0 saturated carbocycles. The summed E-state index contributed by atoms with van der Waals surface area (Å²) >= 11 is 5.46. The van der Waals surface area contributed by atoms with Gasteiger partial charge in [-0.05, 0) is 37.6 Å².